The molecule has 0 radical (unpaired) electrons. The summed E-state index contributed by atoms with van der Waals surface area (Å²) in [6.45, 7) is 1.44. The van der Waals surface area contributed by atoms with Gasteiger partial charge in [-0.3, -0.25) is 4.79 Å². The molecule has 130 valence electrons. The van der Waals surface area contributed by atoms with E-state index in [1.165, 1.54) is 0 Å². The summed E-state index contributed by atoms with van der Waals surface area (Å²) in [6.07, 6.45) is -0.907. The van der Waals surface area contributed by atoms with Crippen molar-refractivity contribution in [1.82, 2.24) is 0 Å². The van der Waals surface area contributed by atoms with Crippen LogP contribution >= 0.6 is 11.6 Å². The van der Waals surface area contributed by atoms with Gasteiger partial charge in [0.05, 0.1) is 0 Å². The van der Waals surface area contributed by atoms with Gasteiger partial charge in [-0.1, -0.05) is 29.8 Å². The molecule has 0 aliphatic carbocycles. The summed E-state index contributed by atoms with van der Waals surface area (Å²) in [5.74, 6) is -0.0845. The quantitative estimate of drug-likeness (QED) is 0.847. The minimum absolute atomic E-state index is 0.0326. The Bertz CT molecular complexity index is 808. The van der Waals surface area contributed by atoms with E-state index in [1.807, 2.05) is 13.0 Å². The Morgan fingerprint density at radius 2 is 2.00 bits per heavy atom. The van der Waals surface area contributed by atoms with E-state index in [1.54, 1.807) is 36.4 Å². The zero-order valence-electron chi connectivity index (χ0n) is 13.5. The molecule has 1 heterocycles. The molecule has 0 aromatic heterocycles. The molecule has 1 N–H and O–H groups in total. The fraction of sp³-hybridized carbons (Fsp3) is 0.222. The second kappa shape index (κ2) is 7.44. The maximum absolute atomic E-state index is 12.1. The maximum Gasteiger partial charge on any atom is 0.351 e. The minimum atomic E-state index is -0.907. The van der Waals surface area contributed by atoms with Crippen molar-refractivity contribution in [2.24, 2.45) is 0 Å². The third-order valence-corrected chi connectivity index (χ3v) is 3.83. The van der Waals surface area contributed by atoms with E-state index in [-0.39, 0.29) is 6.61 Å². The summed E-state index contributed by atoms with van der Waals surface area (Å²) >= 11 is 5.90. The number of ether oxygens (including phenoxy) is 3. The number of hydrogen-bond donors (Lipinski definition) is 1. The lowest BCUT2D eigenvalue weighted by molar-refractivity contribution is -0.156. The molecule has 0 fully saturated rings. The van der Waals surface area contributed by atoms with Crippen LogP contribution in [0.15, 0.2) is 42.5 Å². The van der Waals surface area contributed by atoms with Gasteiger partial charge in [-0.25, -0.2) is 4.79 Å². The van der Waals surface area contributed by atoms with Crippen LogP contribution in [0.4, 0.5) is 5.69 Å². The molecule has 0 bridgehead atoms. The molecular weight excluding hydrogens is 346 g/mol. The van der Waals surface area contributed by atoms with Gasteiger partial charge >= 0.3 is 5.97 Å². The number of aryl methyl sites for hydroxylation is 1. The van der Waals surface area contributed by atoms with Crippen molar-refractivity contribution in [3.05, 3.63) is 53.1 Å². The molecule has 1 aliphatic heterocycles. The number of esters is 1. The van der Waals surface area contributed by atoms with Crippen LogP contribution in [0.2, 0.25) is 5.02 Å². The normalized spacial score (nSPS) is 15.4. The average molecular weight is 362 g/mol. The van der Waals surface area contributed by atoms with Crippen LogP contribution in [0.5, 0.6) is 11.5 Å². The molecule has 6 nitrogen and oxygen atoms in total. The van der Waals surface area contributed by atoms with Crippen LogP contribution in [-0.4, -0.2) is 31.2 Å². The van der Waals surface area contributed by atoms with E-state index in [0.717, 1.165) is 5.56 Å². The van der Waals surface area contributed by atoms with Crippen molar-refractivity contribution in [1.29, 1.82) is 0 Å². The lowest BCUT2D eigenvalue weighted by Gasteiger charge is -2.24. The van der Waals surface area contributed by atoms with Crippen LogP contribution in [0.25, 0.3) is 0 Å². The molecule has 1 atom stereocenters. The predicted octanol–water partition coefficient (Wildman–Crippen LogP) is 2.97. The first-order chi connectivity index (χ1) is 12.0. The van der Waals surface area contributed by atoms with E-state index in [4.69, 9.17) is 25.8 Å². The SMILES string of the molecule is Cc1ccc(Cl)cc1NC(=O)COC(=O)C1COc2ccccc2O1. The van der Waals surface area contributed by atoms with Crippen LogP contribution in [-0.2, 0) is 14.3 Å². The third-order valence-electron chi connectivity index (χ3n) is 3.59. The first-order valence-electron chi connectivity index (χ1n) is 7.64. The Balaban J connectivity index is 1.52. The molecule has 2 aromatic carbocycles. The Morgan fingerprint density at radius 1 is 1.24 bits per heavy atom. The van der Waals surface area contributed by atoms with E-state index >= 15 is 0 Å². The zero-order valence-corrected chi connectivity index (χ0v) is 14.2. The monoisotopic (exact) mass is 361 g/mol. The molecule has 0 saturated carbocycles. The van der Waals surface area contributed by atoms with Crippen LogP contribution < -0.4 is 14.8 Å². The minimum Gasteiger partial charge on any atom is -0.485 e. The second-order valence-corrected chi connectivity index (χ2v) is 5.92. The molecule has 3 rings (SSSR count). The Morgan fingerprint density at radius 3 is 2.80 bits per heavy atom. The molecule has 0 saturated heterocycles. The number of benzene rings is 2. The van der Waals surface area contributed by atoms with Crippen molar-refractivity contribution in [2.45, 2.75) is 13.0 Å². The van der Waals surface area contributed by atoms with Gasteiger partial charge in [0.15, 0.2) is 18.1 Å². The number of para-hydroxylation sites is 2. The van der Waals surface area contributed by atoms with E-state index in [2.05, 4.69) is 5.32 Å². The highest BCUT2D eigenvalue weighted by Crippen LogP contribution is 2.31. The van der Waals surface area contributed by atoms with Gasteiger partial charge in [0.2, 0.25) is 6.10 Å². The molecule has 0 spiro atoms. The van der Waals surface area contributed by atoms with Crippen LogP contribution in [0.1, 0.15) is 5.56 Å². The number of halogens is 1. The molecule has 2 aromatic rings. The Hall–Kier alpha value is -2.73. The number of hydrogen-bond acceptors (Lipinski definition) is 5. The highest BCUT2D eigenvalue weighted by molar-refractivity contribution is 6.31. The number of anilines is 1. The summed E-state index contributed by atoms with van der Waals surface area (Å²) < 4.78 is 16.0. The Labute approximate surface area is 149 Å². The predicted molar refractivity (Wildman–Crippen MR) is 92.1 cm³/mol. The lowest BCUT2D eigenvalue weighted by Crippen LogP contribution is -2.39. The third kappa shape index (κ3) is 4.22. The molecule has 25 heavy (non-hydrogen) atoms. The summed E-state index contributed by atoms with van der Waals surface area (Å²) in [6, 6.07) is 12.2. The number of amides is 1. The van der Waals surface area contributed by atoms with Gasteiger partial charge in [0, 0.05) is 10.7 Å². The first kappa shape index (κ1) is 17.1. The van der Waals surface area contributed by atoms with Gasteiger partial charge in [0.25, 0.3) is 5.91 Å². The topological polar surface area (TPSA) is 73.9 Å². The number of carbonyl (C=O) groups is 2. The highest BCUT2D eigenvalue weighted by atomic mass is 35.5. The number of rotatable bonds is 4. The van der Waals surface area contributed by atoms with Crippen LogP contribution in [0.3, 0.4) is 0 Å². The summed E-state index contributed by atoms with van der Waals surface area (Å²) in [5, 5.41) is 3.16. The molecule has 1 unspecified atom stereocenters. The van der Waals surface area contributed by atoms with Crippen LogP contribution in [0, 0.1) is 6.92 Å². The van der Waals surface area contributed by atoms with Crippen molar-refractivity contribution in [3.8, 4) is 11.5 Å². The van der Waals surface area contributed by atoms with Gasteiger partial charge in [-0.05, 0) is 36.8 Å². The summed E-state index contributed by atoms with van der Waals surface area (Å²) in [4.78, 5) is 24.0. The largest absolute Gasteiger partial charge is 0.485 e. The maximum atomic E-state index is 12.1. The summed E-state index contributed by atoms with van der Waals surface area (Å²) in [5.41, 5.74) is 1.42. The average Bonchev–Trinajstić information content (AvgIpc) is 2.62. The van der Waals surface area contributed by atoms with E-state index < -0.39 is 24.6 Å². The standard InChI is InChI=1S/C18H16ClNO5/c1-11-6-7-12(19)8-13(11)20-17(21)10-24-18(22)16-9-23-14-4-2-3-5-15(14)25-16/h2-8,16H,9-10H2,1H3,(H,20,21). The van der Waals surface area contributed by atoms with Gasteiger partial charge < -0.3 is 19.5 Å². The highest BCUT2D eigenvalue weighted by Gasteiger charge is 2.29. The number of fused-ring (bicyclic) bond motifs is 1. The number of nitrogens with one attached hydrogen (secondary N) is 1. The van der Waals surface area contributed by atoms with E-state index in [0.29, 0.717) is 22.2 Å². The zero-order chi connectivity index (χ0) is 17.8. The van der Waals surface area contributed by atoms with Crippen molar-refractivity contribution >= 4 is 29.2 Å². The molecule has 1 aliphatic rings. The smallest absolute Gasteiger partial charge is 0.351 e. The fourth-order valence-electron chi connectivity index (χ4n) is 2.28. The molecule has 1 amide bonds. The van der Waals surface area contributed by atoms with Gasteiger partial charge in [-0.2, -0.15) is 0 Å². The van der Waals surface area contributed by atoms with E-state index in [9.17, 15) is 9.59 Å². The number of carbonyl (C=O) groups excluding carboxylic acids is 2. The van der Waals surface area contributed by atoms with Gasteiger partial charge in [0.1, 0.15) is 6.61 Å². The molecule has 7 heteroatoms. The fourth-order valence-corrected chi connectivity index (χ4v) is 2.45. The van der Waals surface area contributed by atoms with Crippen molar-refractivity contribution in [2.75, 3.05) is 18.5 Å². The Kier molecular flexibility index (Phi) is 5.09. The van der Waals surface area contributed by atoms with Gasteiger partial charge in [-0.15, -0.1) is 0 Å². The second-order valence-electron chi connectivity index (χ2n) is 5.48. The summed E-state index contributed by atoms with van der Waals surface area (Å²) in [7, 11) is 0. The van der Waals surface area contributed by atoms with Crippen molar-refractivity contribution < 1.29 is 23.8 Å². The molecular formula is C18H16ClNO5. The van der Waals surface area contributed by atoms with Crippen molar-refractivity contribution in [3.63, 3.8) is 0 Å². The lowest BCUT2D eigenvalue weighted by atomic mass is 10.2. The first-order valence-corrected chi connectivity index (χ1v) is 8.02.